The van der Waals surface area contributed by atoms with Crippen LogP contribution in [-0.2, 0) is 9.59 Å². The Morgan fingerprint density at radius 3 is 2.90 bits per heavy atom. The average molecular weight is 295 g/mol. The molecule has 1 unspecified atom stereocenters. The number of carbonyl (C=O) groups excluding carboxylic acids is 2. The fourth-order valence-corrected chi connectivity index (χ4v) is 2.17. The van der Waals surface area contributed by atoms with Gasteiger partial charge in [-0.1, -0.05) is 6.92 Å². The van der Waals surface area contributed by atoms with E-state index in [9.17, 15) is 19.1 Å². The van der Waals surface area contributed by atoms with Crippen LogP contribution in [0.4, 0.5) is 15.8 Å². The van der Waals surface area contributed by atoms with Crippen molar-refractivity contribution < 1.29 is 19.1 Å². The van der Waals surface area contributed by atoms with E-state index in [-0.39, 0.29) is 23.7 Å². The van der Waals surface area contributed by atoms with Crippen molar-refractivity contribution in [2.24, 2.45) is 0 Å². The Bertz CT molecular complexity index is 577. The molecule has 1 atom stereocenters. The van der Waals surface area contributed by atoms with Gasteiger partial charge in [-0.25, -0.2) is 4.39 Å². The minimum atomic E-state index is -1.35. The lowest BCUT2D eigenvalue weighted by atomic mass is 10.1. The lowest BCUT2D eigenvalue weighted by Crippen LogP contribution is -2.35. The van der Waals surface area contributed by atoms with Crippen molar-refractivity contribution in [1.82, 2.24) is 5.32 Å². The Balaban J connectivity index is 2.16. The maximum absolute atomic E-state index is 14.1. The van der Waals surface area contributed by atoms with E-state index in [0.717, 1.165) is 12.5 Å². The number of rotatable bonds is 5. The Morgan fingerprint density at radius 2 is 2.24 bits per heavy atom. The number of halogens is 1. The van der Waals surface area contributed by atoms with Crippen molar-refractivity contribution in [3.05, 3.63) is 23.5 Å². The van der Waals surface area contributed by atoms with Crippen LogP contribution < -0.4 is 15.5 Å². The first kappa shape index (κ1) is 15.2. The Morgan fingerprint density at radius 1 is 1.52 bits per heavy atom. The second-order valence-electron chi connectivity index (χ2n) is 4.99. The zero-order valence-corrected chi connectivity index (χ0v) is 11.9. The predicted molar refractivity (Wildman–Crippen MR) is 76.6 cm³/mol. The molecule has 0 bridgehead atoms. The van der Waals surface area contributed by atoms with Crippen LogP contribution in [0.3, 0.4) is 0 Å². The summed E-state index contributed by atoms with van der Waals surface area (Å²) in [5, 5.41) is 14.8. The first-order valence-electron chi connectivity index (χ1n) is 6.74. The van der Waals surface area contributed by atoms with Gasteiger partial charge in [-0.2, -0.15) is 0 Å². The van der Waals surface area contributed by atoms with Crippen molar-refractivity contribution in [3.8, 4) is 0 Å². The third-order valence-electron chi connectivity index (χ3n) is 3.28. The molecular weight excluding hydrogens is 277 g/mol. The summed E-state index contributed by atoms with van der Waals surface area (Å²) in [6, 6.07) is 2.54. The predicted octanol–water partition coefficient (Wildman–Crippen LogP) is 0.774. The SMILES string of the molecule is CCCNC(=O)CN(C)c1cc2c(cc1F)C(O)C(=O)N2. The van der Waals surface area contributed by atoms with Crippen LogP contribution in [0.2, 0.25) is 0 Å². The van der Waals surface area contributed by atoms with Gasteiger partial charge in [-0.3, -0.25) is 9.59 Å². The van der Waals surface area contributed by atoms with Crippen molar-refractivity contribution >= 4 is 23.2 Å². The Labute approximate surface area is 121 Å². The van der Waals surface area contributed by atoms with E-state index in [1.165, 1.54) is 11.0 Å². The summed E-state index contributed by atoms with van der Waals surface area (Å²) in [6.07, 6.45) is -0.520. The number of fused-ring (bicyclic) bond motifs is 1. The molecule has 0 spiro atoms. The number of hydrogen-bond donors (Lipinski definition) is 3. The summed E-state index contributed by atoms with van der Waals surface area (Å²) in [7, 11) is 1.59. The van der Waals surface area contributed by atoms with Crippen LogP contribution in [0.25, 0.3) is 0 Å². The molecule has 0 fully saturated rings. The van der Waals surface area contributed by atoms with Gasteiger partial charge in [0.05, 0.1) is 12.2 Å². The van der Waals surface area contributed by atoms with Crippen molar-refractivity contribution in [2.75, 3.05) is 30.4 Å². The maximum Gasteiger partial charge on any atom is 0.257 e. The number of likely N-dealkylation sites (N-methyl/N-ethyl adjacent to an activating group) is 1. The lowest BCUT2D eigenvalue weighted by Gasteiger charge is -2.20. The van der Waals surface area contributed by atoms with E-state index in [2.05, 4.69) is 10.6 Å². The van der Waals surface area contributed by atoms with E-state index in [1.54, 1.807) is 7.05 Å². The lowest BCUT2D eigenvalue weighted by molar-refractivity contribution is -0.123. The molecule has 2 amide bonds. The van der Waals surface area contributed by atoms with Crippen LogP contribution >= 0.6 is 0 Å². The standard InChI is InChI=1S/C14H18FN3O3/c1-3-4-16-12(19)7-18(2)11-6-10-8(5-9(11)15)13(20)14(21)17-10/h5-6,13,20H,3-4,7H2,1-2H3,(H,16,19)(H,17,21). The van der Waals surface area contributed by atoms with Gasteiger partial charge in [0.1, 0.15) is 5.82 Å². The molecule has 0 saturated carbocycles. The Kier molecular flexibility index (Phi) is 4.42. The zero-order chi connectivity index (χ0) is 15.6. The zero-order valence-electron chi connectivity index (χ0n) is 11.9. The van der Waals surface area contributed by atoms with Crippen LogP contribution in [0, 0.1) is 5.82 Å². The van der Waals surface area contributed by atoms with Crippen molar-refractivity contribution in [1.29, 1.82) is 0 Å². The first-order valence-corrected chi connectivity index (χ1v) is 6.74. The summed E-state index contributed by atoms with van der Waals surface area (Å²) in [5.74, 6) is -1.37. The molecule has 0 aromatic heterocycles. The van der Waals surface area contributed by atoms with Crippen molar-refractivity contribution in [2.45, 2.75) is 19.4 Å². The molecule has 1 aromatic rings. The quantitative estimate of drug-likeness (QED) is 0.749. The third kappa shape index (κ3) is 3.13. The van der Waals surface area contributed by atoms with Gasteiger partial charge in [0.2, 0.25) is 5.91 Å². The number of aliphatic hydroxyl groups excluding tert-OH is 1. The average Bonchev–Trinajstić information content (AvgIpc) is 2.71. The van der Waals surface area contributed by atoms with E-state index in [1.807, 2.05) is 6.92 Å². The number of hydrogen-bond acceptors (Lipinski definition) is 4. The summed E-state index contributed by atoms with van der Waals surface area (Å²) in [6.45, 7) is 2.52. The number of amides is 2. The molecular formula is C14H18FN3O3. The second kappa shape index (κ2) is 6.09. The Hall–Kier alpha value is -2.15. The molecule has 0 aliphatic carbocycles. The monoisotopic (exact) mass is 295 g/mol. The molecule has 2 rings (SSSR count). The molecule has 1 aliphatic rings. The van der Waals surface area contributed by atoms with E-state index < -0.39 is 17.8 Å². The molecule has 114 valence electrons. The molecule has 1 aromatic carbocycles. The smallest absolute Gasteiger partial charge is 0.257 e. The third-order valence-corrected chi connectivity index (χ3v) is 3.28. The molecule has 0 saturated heterocycles. The van der Waals surface area contributed by atoms with Crippen LogP contribution in [0.15, 0.2) is 12.1 Å². The van der Waals surface area contributed by atoms with Crippen LogP contribution in [0.5, 0.6) is 0 Å². The number of aliphatic hydroxyl groups is 1. The molecule has 1 aliphatic heterocycles. The van der Waals surface area contributed by atoms with Gasteiger partial charge in [-0.15, -0.1) is 0 Å². The van der Waals surface area contributed by atoms with Gasteiger partial charge in [-0.05, 0) is 18.6 Å². The van der Waals surface area contributed by atoms with E-state index in [4.69, 9.17) is 0 Å². The minimum absolute atomic E-state index is 0.00616. The van der Waals surface area contributed by atoms with Gasteiger partial charge in [0, 0.05) is 24.8 Å². The highest BCUT2D eigenvalue weighted by molar-refractivity contribution is 6.02. The van der Waals surface area contributed by atoms with Gasteiger partial charge >= 0.3 is 0 Å². The molecule has 7 heteroatoms. The van der Waals surface area contributed by atoms with Crippen LogP contribution in [0.1, 0.15) is 25.0 Å². The number of nitrogens with zero attached hydrogens (tertiary/aromatic N) is 1. The number of benzene rings is 1. The summed E-state index contributed by atoms with van der Waals surface area (Å²) < 4.78 is 14.1. The molecule has 21 heavy (non-hydrogen) atoms. The largest absolute Gasteiger partial charge is 0.378 e. The molecule has 1 heterocycles. The maximum atomic E-state index is 14.1. The first-order chi connectivity index (χ1) is 9.93. The number of anilines is 2. The van der Waals surface area contributed by atoms with E-state index >= 15 is 0 Å². The van der Waals surface area contributed by atoms with Gasteiger partial charge in [0.15, 0.2) is 6.10 Å². The van der Waals surface area contributed by atoms with E-state index in [0.29, 0.717) is 12.2 Å². The topological polar surface area (TPSA) is 81.7 Å². The summed E-state index contributed by atoms with van der Waals surface area (Å²) >= 11 is 0. The fraction of sp³-hybridized carbons (Fsp3) is 0.429. The van der Waals surface area contributed by atoms with Crippen molar-refractivity contribution in [3.63, 3.8) is 0 Å². The molecule has 3 N–H and O–H groups in total. The second-order valence-corrected chi connectivity index (χ2v) is 4.99. The van der Waals surface area contributed by atoms with Gasteiger partial charge < -0.3 is 20.6 Å². The minimum Gasteiger partial charge on any atom is -0.378 e. The molecule has 6 nitrogen and oxygen atoms in total. The fourth-order valence-electron chi connectivity index (χ4n) is 2.17. The molecule has 0 radical (unpaired) electrons. The summed E-state index contributed by atoms with van der Waals surface area (Å²) in [4.78, 5) is 24.5. The highest BCUT2D eigenvalue weighted by Gasteiger charge is 2.30. The number of carbonyl (C=O) groups is 2. The number of nitrogens with one attached hydrogen (secondary N) is 2. The highest BCUT2D eigenvalue weighted by atomic mass is 19.1. The normalized spacial score (nSPS) is 16.4. The highest BCUT2D eigenvalue weighted by Crippen LogP contribution is 2.35. The van der Waals surface area contributed by atoms with Crippen LogP contribution in [-0.4, -0.2) is 37.1 Å². The van der Waals surface area contributed by atoms with Gasteiger partial charge in [0.25, 0.3) is 5.91 Å². The summed E-state index contributed by atoms with van der Waals surface area (Å²) in [5.41, 5.74) is 0.768.